The van der Waals surface area contributed by atoms with E-state index in [1.54, 1.807) is 10.8 Å². The molecule has 2 aliphatic heterocycles. The highest BCUT2D eigenvalue weighted by Gasteiger charge is 2.45. The molecule has 2 aromatic heterocycles. The number of hydrogen-bond acceptors (Lipinski definition) is 7. The maximum absolute atomic E-state index is 15.6. The Balaban J connectivity index is 1.47. The Bertz CT molecular complexity index is 1420. The summed E-state index contributed by atoms with van der Waals surface area (Å²) in [6, 6.07) is 6.72. The van der Waals surface area contributed by atoms with Crippen LogP contribution in [-0.2, 0) is 4.84 Å². The first-order valence-corrected chi connectivity index (χ1v) is 11.1. The number of carboxylic acid groups (broad SMARTS) is 1. The molecule has 6 rings (SSSR count). The summed E-state index contributed by atoms with van der Waals surface area (Å²) in [5.74, 6) is -1.87. The van der Waals surface area contributed by atoms with Gasteiger partial charge in [0.15, 0.2) is 17.7 Å². The first-order valence-electron chi connectivity index (χ1n) is 11.1. The minimum absolute atomic E-state index is 0.00345. The van der Waals surface area contributed by atoms with Gasteiger partial charge in [-0.05, 0) is 31.0 Å². The summed E-state index contributed by atoms with van der Waals surface area (Å²) in [5.41, 5.74) is 0.960. The third-order valence-electron chi connectivity index (χ3n) is 6.72. The van der Waals surface area contributed by atoms with Gasteiger partial charge in [-0.1, -0.05) is 11.2 Å². The van der Waals surface area contributed by atoms with Crippen LogP contribution in [0.1, 0.15) is 34.9 Å². The molecule has 2 atom stereocenters. The van der Waals surface area contributed by atoms with E-state index in [1.165, 1.54) is 13.3 Å². The van der Waals surface area contributed by atoms with Gasteiger partial charge in [0.25, 0.3) is 0 Å². The summed E-state index contributed by atoms with van der Waals surface area (Å²) in [5, 5.41) is 13.7. The summed E-state index contributed by atoms with van der Waals surface area (Å²) in [6.07, 6.45) is 4.46. The number of rotatable bonds is 5. The zero-order chi connectivity index (χ0) is 23.6. The second-order valence-electron chi connectivity index (χ2n) is 8.80. The molecule has 0 bridgehead atoms. The standard InChI is InChI=1S/C24H21FN4O5/c1-33-23-20-13(22(30)15(24(31)32)10-29(20)12-5-6-12)8-16(25)21(23)28-9-14-18(11-28)34-27-19(14)17-4-2-3-7-26-17/h2-4,7-8,10,12,14,18H,5-6,9,11H2,1H3,(H,31,32)/t14-,18+/m0/s1. The Morgan fingerprint density at radius 3 is 2.79 bits per heavy atom. The van der Waals surface area contributed by atoms with E-state index in [1.807, 2.05) is 23.1 Å². The SMILES string of the molecule is COc1c(N2C[C@@H]3C(c4ccccn4)=NO[C@@H]3C2)c(F)cc2c(=O)c(C(=O)O)cn(C3CC3)c12. The second kappa shape index (κ2) is 7.54. The van der Waals surface area contributed by atoms with Crippen molar-refractivity contribution < 1.29 is 23.9 Å². The maximum atomic E-state index is 15.6. The van der Waals surface area contributed by atoms with Gasteiger partial charge in [0.1, 0.15) is 17.0 Å². The molecule has 9 nitrogen and oxygen atoms in total. The van der Waals surface area contributed by atoms with Gasteiger partial charge in [-0.3, -0.25) is 9.78 Å². The van der Waals surface area contributed by atoms with Crippen LogP contribution >= 0.6 is 0 Å². The number of carboxylic acids is 1. The quantitative estimate of drug-likeness (QED) is 0.619. The number of carbonyl (C=O) groups is 1. The highest BCUT2D eigenvalue weighted by molar-refractivity contribution is 6.02. The molecule has 1 aromatic carbocycles. The first-order chi connectivity index (χ1) is 16.5. The van der Waals surface area contributed by atoms with Crippen LogP contribution in [0.5, 0.6) is 5.75 Å². The Morgan fingerprint density at radius 1 is 1.29 bits per heavy atom. The van der Waals surface area contributed by atoms with Crippen LogP contribution in [0.25, 0.3) is 10.9 Å². The molecule has 10 heteroatoms. The zero-order valence-corrected chi connectivity index (χ0v) is 18.3. The molecule has 0 radical (unpaired) electrons. The molecule has 1 N–H and O–H groups in total. The zero-order valence-electron chi connectivity index (χ0n) is 18.3. The summed E-state index contributed by atoms with van der Waals surface area (Å²) in [7, 11) is 1.43. The molecule has 174 valence electrons. The molecule has 1 saturated carbocycles. The molecule has 3 aromatic rings. The molecule has 1 aliphatic carbocycles. The predicted molar refractivity (Wildman–Crippen MR) is 121 cm³/mol. The van der Waals surface area contributed by atoms with Crippen LogP contribution in [0.15, 0.2) is 46.6 Å². The Labute approximate surface area is 193 Å². The average molecular weight is 464 g/mol. The van der Waals surface area contributed by atoms with Crippen molar-refractivity contribution in [1.82, 2.24) is 9.55 Å². The number of nitrogens with zero attached hydrogens (tertiary/aromatic N) is 4. The topological polar surface area (TPSA) is 106 Å². The number of fused-ring (bicyclic) bond motifs is 2. The number of pyridine rings is 2. The van der Waals surface area contributed by atoms with Crippen molar-refractivity contribution in [1.29, 1.82) is 0 Å². The molecule has 0 unspecified atom stereocenters. The van der Waals surface area contributed by atoms with Gasteiger partial charge in [0.2, 0.25) is 5.43 Å². The molecule has 34 heavy (non-hydrogen) atoms. The lowest BCUT2D eigenvalue weighted by atomic mass is 9.98. The fourth-order valence-electron chi connectivity index (χ4n) is 4.99. The van der Waals surface area contributed by atoms with Crippen LogP contribution in [0.4, 0.5) is 10.1 Å². The van der Waals surface area contributed by atoms with Crippen LogP contribution in [0.2, 0.25) is 0 Å². The first kappa shape index (κ1) is 20.6. The molecular formula is C24H21FN4O5. The Kier molecular flexibility index (Phi) is 4.58. The summed E-state index contributed by atoms with van der Waals surface area (Å²) in [6.45, 7) is 0.809. The Morgan fingerprint density at radius 2 is 2.12 bits per heavy atom. The van der Waals surface area contributed by atoms with Crippen LogP contribution in [0.3, 0.4) is 0 Å². The number of halogens is 1. The van der Waals surface area contributed by atoms with Crippen molar-refractivity contribution in [2.24, 2.45) is 11.1 Å². The molecule has 1 saturated heterocycles. The van der Waals surface area contributed by atoms with Crippen LogP contribution in [-0.4, -0.2) is 52.6 Å². The van der Waals surface area contributed by atoms with E-state index in [9.17, 15) is 14.7 Å². The van der Waals surface area contributed by atoms with Gasteiger partial charge in [0, 0.05) is 25.0 Å². The van der Waals surface area contributed by atoms with E-state index in [0.717, 1.165) is 18.9 Å². The largest absolute Gasteiger partial charge is 0.492 e. The van der Waals surface area contributed by atoms with E-state index in [2.05, 4.69) is 10.1 Å². The van der Waals surface area contributed by atoms with Crippen molar-refractivity contribution in [3.63, 3.8) is 0 Å². The van der Waals surface area contributed by atoms with Crippen molar-refractivity contribution in [3.05, 3.63) is 64.0 Å². The van der Waals surface area contributed by atoms with Gasteiger partial charge < -0.3 is 24.1 Å². The van der Waals surface area contributed by atoms with Gasteiger partial charge in [-0.2, -0.15) is 0 Å². The highest BCUT2D eigenvalue weighted by atomic mass is 19.1. The van der Waals surface area contributed by atoms with Crippen molar-refractivity contribution in [2.75, 3.05) is 25.1 Å². The monoisotopic (exact) mass is 464 g/mol. The number of aromatic carboxylic acids is 1. The second-order valence-corrected chi connectivity index (χ2v) is 8.80. The number of methoxy groups -OCH3 is 1. The van der Waals surface area contributed by atoms with Crippen molar-refractivity contribution in [3.8, 4) is 5.75 Å². The fraction of sp³-hybridized carbons (Fsp3) is 0.333. The number of aromatic nitrogens is 2. The lowest BCUT2D eigenvalue weighted by Gasteiger charge is -2.25. The summed E-state index contributed by atoms with van der Waals surface area (Å²) in [4.78, 5) is 36.4. The third kappa shape index (κ3) is 3.05. The van der Waals surface area contributed by atoms with E-state index in [-0.39, 0.29) is 40.5 Å². The Hall–Kier alpha value is -3.95. The smallest absolute Gasteiger partial charge is 0.341 e. The number of benzene rings is 1. The molecule has 2 fully saturated rings. The van der Waals surface area contributed by atoms with E-state index in [4.69, 9.17) is 9.57 Å². The average Bonchev–Trinajstić information content (AvgIpc) is 3.47. The van der Waals surface area contributed by atoms with Gasteiger partial charge in [0.05, 0.1) is 36.2 Å². The van der Waals surface area contributed by atoms with Gasteiger partial charge in [-0.15, -0.1) is 0 Å². The van der Waals surface area contributed by atoms with Crippen molar-refractivity contribution >= 4 is 28.3 Å². The number of anilines is 1. The van der Waals surface area contributed by atoms with E-state index >= 15 is 4.39 Å². The summed E-state index contributed by atoms with van der Waals surface area (Å²) >= 11 is 0. The fourth-order valence-corrected chi connectivity index (χ4v) is 4.99. The third-order valence-corrected chi connectivity index (χ3v) is 6.72. The lowest BCUT2D eigenvalue weighted by molar-refractivity contribution is 0.0694. The predicted octanol–water partition coefficient (Wildman–Crippen LogP) is 2.82. The van der Waals surface area contributed by atoms with Crippen molar-refractivity contribution in [2.45, 2.75) is 25.0 Å². The van der Waals surface area contributed by atoms with E-state index < -0.39 is 17.2 Å². The summed E-state index contributed by atoms with van der Waals surface area (Å²) < 4.78 is 23.0. The highest BCUT2D eigenvalue weighted by Crippen LogP contribution is 2.45. The number of hydrogen-bond donors (Lipinski definition) is 1. The minimum Gasteiger partial charge on any atom is -0.492 e. The normalized spacial score (nSPS) is 21.4. The molecule has 0 amide bonds. The minimum atomic E-state index is -1.34. The lowest BCUT2D eigenvalue weighted by Crippen LogP contribution is -2.26. The van der Waals surface area contributed by atoms with Gasteiger partial charge in [-0.25, -0.2) is 9.18 Å². The molecule has 0 spiro atoms. The number of oxime groups is 1. The van der Waals surface area contributed by atoms with Crippen LogP contribution in [0, 0.1) is 11.7 Å². The maximum Gasteiger partial charge on any atom is 0.341 e. The number of ether oxygens (including phenoxy) is 1. The van der Waals surface area contributed by atoms with Gasteiger partial charge >= 0.3 is 5.97 Å². The molecule has 3 aliphatic rings. The molecule has 4 heterocycles. The molecular weight excluding hydrogens is 443 g/mol. The van der Waals surface area contributed by atoms with Crippen LogP contribution < -0.4 is 15.1 Å². The van der Waals surface area contributed by atoms with E-state index in [0.29, 0.717) is 30.0 Å².